The first kappa shape index (κ1) is 25.7. The minimum Gasteiger partial charge on any atom is -0.488 e. The van der Waals surface area contributed by atoms with Gasteiger partial charge < -0.3 is 24.3 Å². The van der Waals surface area contributed by atoms with Crippen molar-refractivity contribution in [1.82, 2.24) is 0 Å². The molecule has 0 saturated heterocycles. The molecule has 11 nitrogen and oxygen atoms in total. The number of benzene rings is 3. The molecule has 0 aliphatic carbocycles. The number of ether oxygens (including phenoxy) is 4. The fraction of sp³-hybridized carbons (Fsp3) is 0.148. The highest BCUT2D eigenvalue weighted by Gasteiger charge is 2.24. The molecule has 4 rings (SSSR count). The zero-order valence-electron chi connectivity index (χ0n) is 20.1. The predicted octanol–water partition coefficient (Wildman–Crippen LogP) is 4.28. The van der Waals surface area contributed by atoms with Crippen LogP contribution in [0, 0.1) is 21.4 Å². The van der Waals surface area contributed by atoms with Crippen molar-refractivity contribution in [3.8, 4) is 23.3 Å². The summed E-state index contributed by atoms with van der Waals surface area (Å²) in [5.74, 6) is -0.450. The number of amides is 1. The average Bonchev–Trinajstić information content (AvgIpc) is 2.94. The van der Waals surface area contributed by atoms with Gasteiger partial charge in [-0.15, -0.1) is 0 Å². The summed E-state index contributed by atoms with van der Waals surface area (Å²) in [7, 11) is 1.30. The number of hydrogen-bond acceptors (Lipinski definition) is 9. The molecular weight excluding hydrogens is 494 g/mol. The summed E-state index contributed by atoms with van der Waals surface area (Å²) in [5.41, 5.74) is 0.796. The fourth-order valence-electron chi connectivity index (χ4n) is 3.57. The monoisotopic (exact) mass is 515 g/mol. The first-order valence-corrected chi connectivity index (χ1v) is 11.3. The van der Waals surface area contributed by atoms with Crippen molar-refractivity contribution in [2.24, 2.45) is 0 Å². The van der Waals surface area contributed by atoms with E-state index in [2.05, 4.69) is 10.1 Å². The molecule has 0 atom stereocenters. The Morgan fingerprint density at radius 2 is 1.79 bits per heavy atom. The molecule has 0 bridgehead atoms. The highest BCUT2D eigenvalue weighted by molar-refractivity contribution is 6.10. The number of esters is 1. The molecule has 3 aromatic carbocycles. The average molecular weight is 515 g/mol. The molecule has 11 heteroatoms. The molecule has 1 aliphatic heterocycles. The van der Waals surface area contributed by atoms with Crippen molar-refractivity contribution >= 4 is 29.3 Å². The van der Waals surface area contributed by atoms with Gasteiger partial charge in [-0.1, -0.05) is 30.3 Å². The van der Waals surface area contributed by atoms with Crippen LogP contribution in [0.4, 0.5) is 11.4 Å². The lowest BCUT2D eigenvalue weighted by molar-refractivity contribution is -0.384. The van der Waals surface area contributed by atoms with E-state index in [4.69, 9.17) is 14.2 Å². The van der Waals surface area contributed by atoms with E-state index >= 15 is 0 Å². The van der Waals surface area contributed by atoms with Gasteiger partial charge in [0, 0.05) is 11.6 Å². The minimum atomic E-state index is -0.847. The van der Waals surface area contributed by atoms with Gasteiger partial charge in [0.2, 0.25) is 0 Å². The number of methoxy groups -OCH3 is 1. The number of nitrogens with zero attached hydrogens (tertiary/aromatic N) is 2. The van der Waals surface area contributed by atoms with E-state index in [0.29, 0.717) is 16.9 Å². The van der Waals surface area contributed by atoms with Gasteiger partial charge >= 0.3 is 5.97 Å². The molecule has 1 heterocycles. The lowest BCUT2D eigenvalue weighted by Crippen LogP contribution is -2.18. The van der Waals surface area contributed by atoms with Crippen molar-refractivity contribution in [2.75, 3.05) is 25.6 Å². The Hall–Kier alpha value is -5.37. The van der Waals surface area contributed by atoms with Crippen LogP contribution in [0.5, 0.6) is 17.2 Å². The first-order chi connectivity index (χ1) is 18.4. The number of fused-ring (bicyclic) bond motifs is 1. The number of carbonyl (C=O) groups excluding carboxylic acids is 2. The van der Waals surface area contributed by atoms with Crippen molar-refractivity contribution in [1.29, 1.82) is 5.26 Å². The summed E-state index contributed by atoms with van der Waals surface area (Å²) in [6.07, 6.45) is 1.33. The minimum absolute atomic E-state index is 0.134. The third-order valence-electron chi connectivity index (χ3n) is 5.46. The van der Waals surface area contributed by atoms with E-state index in [1.54, 1.807) is 48.5 Å². The largest absolute Gasteiger partial charge is 0.488 e. The Morgan fingerprint density at radius 3 is 2.45 bits per heavy atom. The molecule has 3 aromatic rings. The number of rotatable bonds is 8. The molecule has 1 aliphatic rings. The number of anilines is 1. The van der Waals surface area contributed by atoms with Crippen LogP contribution < -0.4 is 19.5 Å². The molecule has 38 heavy (non-hydrogen) atoms. The number of nitro groups is 1. The maximum atomic E-state index is 12.9. The van der Waals surface area contributed by atoms with E-state index in [1.807, 2.05) is 6.07 Å². The van der Waals surface area contributed by atoms with Crippen LogP contribution >= 0.6 is 0 Å². The normalized spacial score (nSPS) is 12.2. The van der Waals surface area contributed by atoms with Crippen molar-refractivity contribution in [2.45, 2.75) is 6.61 Å². The van der Waals surface area contributed by atoms with Crippen LogP contribution in [0.2, 0.25) is 0 Å². The second-order valence-electron chi connectivity index (χ2n) is 7.91. The number of carbonyl (C=O) groups is 2. The Labute approximate surface area is 217 Å². The van der Waals surface area contributed by atoms with E-state index in [1.165, 1.54) is 25.3 Å². The molecule has 0 aromatic heterocycles. The summed E-state index contributed by atoms with van der Waals surface area (Å²) in [6, 6.07) is 17.7. The van der Waals surface area contributed by atoms with Crippen LogP contribution in [-0.2, 0) is 16.1 Å². The van der Waals surface area contributed by atoms with Gasteiger partial charge in [-0.25, -0.2) is 4.79 Å². The van der Waals surface area contributed by atoms with Gasteiger partial charge in [0.05, 0.1) is 23.7 Å². The molecular formula is C27H21N3O8. The quantitative estimate of drug-likeness (QED) is 0.152. The van der Waals surface area contributed by atoms with E-state index in [0.717, 1.165) is 5.56 Å². The van der Waals surface area contributed by atoms with Crippen LogP contribution in [0.3, 0.4) is 0 Å². The summed E-state index contributed by atoms with van der Waals surface area (Å²) < 4.78 is 21.4. The maximum Gasteiger partial charge on any atom is 0.337 e. The topological polar surface area (TPSA) is 150 Å². The molecule has 0 fully saturated rings. The van der Waals surface area contributed by atoms with Gasteiger partial charge in [0.25, 0.3) is 11.6 Å². The maximum absolute atomic E-state index is 12.9. The van der Waals surface area contributed by atoms with E-state index in [-0.39, 0.29) is 42.6 Å². The lowest BCUT2D eigenvalue weighted by Gasteiger charge is -2.19. The highest BCUT2D eigenvalue weighted by Crippen LogP contribution is 2.39. The van der Waals surface area contributed by atoms with Crippen LogP contribution in [-0.4, -0.2) is 37.1 Å². The Morgan fingerprint density at radius 1 is 1.11 bits per heavy atom. The van der Waals surface area contributed by atoms with Crippen LogP contribution in [0.15, 0.2) is 66.2 Å². The summed E-state index contributed by atoms with van der Waals surface area (Å²) in [5, 5.41) is 23.6. The van der Waals surface area contributed by atoms with Crippen molar-refractivity contribution < 1.29 is 33.5 Å². The van der Waals surface area contributed by atoms with Crippen LogP contribution in [0.1, 0.15) is 21.5 Å². The van der Waals surface area contributed by atoms with Crippen molar-refractivity contribution in [3.05, 3.63) is 93.0 Å². The second-order valence-corrected chi connectivity index (χ2v) is 7.91. The summed E-state index contributed by atoms with van der Waals surface area (Å²) in [6.45, 7) is 0.662. The zero-order valence-corrected chi connectivity index (χ0v) is 20.1. The van der Waals surface area contributed by atoms with Gasteiger partial charge in [0.1, 0.15) is 42.9 Å². The number of para-hydroxylation sites is 1. The smallest absolute Gasteiger partial charge is 0.337 e. The Balaban J connectivity index is 1.53. The molecule has 0 spiro atoms. The summed E-state index contributed by atoms with van der Waals surface area (Å²) >= 11 is 0. The fourth-order valence-corrected chi connectivity index (χ4v) is 3.57. The molecule has 0 radical (unpaired) electrons. The number of nitro benzene ring substituents is 1. The standard InChI is InChI=1S/C27H21N3O8/c1-35-27(32)18-8-6-17(7-9-18)16-38-23-5-3-2-4-19(23)12-20(15-28)26(31)29-21-13-24-25(37-11-10-36-24)14-22(21)30(33)34/h2-9,12-14H,10-11,16H2,1H3,(H,29,31)/b20-12-. The third-order valence-corrected chi connectivity index (χ3v) is 5.46. The second kappa shape index (κ2) is 11.6. The molecule has 0 saturated carbocycles. The molecule has 0 unspecified atom stereocenters. The SMILES string of the molecule is COC(=O)c1ccc(COc2ccccc2/C=C(/C#N)C(=O)Nc2cc3c(cc2[N+](=O)[O-])OCCO3)cc1. The van der Waals surface area contributed by atoms with Crippen LogP contribution in [0.25, 0.3) is 6.08 Å². The van der Waals surface area contributed by atoms with Gasteiger partial charge in [-0.05, 0) is 29.8 Å². The Kier molecular flexibility index (Phi) is 7.83. The van der Waals surface area contributed by atoms with Crippen molar-refractivity contribution in [3.63, 3.8) is 0 Å². The van der Waals surface area contributed by atoms with E-state index in [9.17, 15) is 25.0 Å². The Bertz CT molecular complexity index is 1460. The zero-order chi connectivity index (χ0) is 27.1. The first-order valence-electron chi connectivity index (χ1n) is 11.3. The number of nitriles is 1. The van der Waals surface area contributed by atoms with E-state index < -0.39 is 22.5 Å². The molecule has 192 valence electrons. The molecule has 1 N–H and O–H groups in total. The van der Waals surface area contributed by atoms with Gasteiger partial charge in [0.15, 0.2) is 11.5 Å². The molecule has 1 amide bonds. The summed E-state index contributed by atoms with van der Waals surface area (Å²) in [4.78, 5) is 35.4. The van der Waals surface area contributed by atoms with Gasteiger partial charge in [-0.3, -0.25) is 14.9 Å². The predicted molar refractivity (Wildman–Crippen MR) is 135 cm³/mol. The number of hydrogen-bond donors (Lipinski definition) is 1. The lowest BCUT2D eigenvalue weighted by atomic mass is 10.1. The third kappa shape index (κ3) is 5.88. The highest BCUT2D eigenvalue weighted by atomic mass is 16.6. The van der Waals surface area contributed by atoms with Gasteiger partial charge in [-0.2, -0.15) is 5.26 Å². The number of nitrogens with one attached hydrogen (secondary N) is 1.